The molecule has 1 N–H and O–H groups in total. The van der Waals surface area contributed by atoms with Gasteiger partial charge in [0, 0.05) is 23.4 Å². The Kier molecular flexibility index (Phi) is 4.37. The van der Waals surface area contributed by atoms with Crippen LogP contribution in [0.15, 0.2) is 12.1 Å². The molecule has 0 spiro atoms. The van der Waals surface area contributed by atoms with E-state index >= 15 is 0 Å². The fraction of sp³-hybridized carbons (Fsp3) is 0.632. The minimum absolute atomic E-state index is 0.0133. The van der Waals surface area contributed by atoms with E-state index in [0.29, 0.717) is 25.0 Å². The van der Waals surface area contributed by atoms with Gasteiger partial charge in [-0.3, -0.25) is 0 Å². The highest BCUT2D eigenvalue weighted by atomic mass is 16.5. The second kappa shape index (κ2) is 6.16. The number of nitrogens with one attached hydrogen (secondary N) is 1. The van der Waals surface area contributed by atoms with Gasteiger partial charge in [0.25, 0.3) is 0 Å². The average molecular weight is 317 g/mol. The predicted octanol–water partition coefficient (Wildman–Crippen LogP) is 2.86. The molecule has 3 rings (SSSR count). The molecule has 23 heavy (non-hydrogen) atoms. The summed E-state index contributed by atoms with van der Waals surface area (Å²) >= 11 is 0. The number of ether oxygens (including phenoxy) is 2. The number of benzene rings is 1. The van der Waals surface area contributed by atoms with Crippen LogP contribution in [0.4, 0.5) is 0 Å². The number of rotatable bonds is 6. The number of Topliss-reactive ketones (excluding diaryl/α,β-unsaturated/α-hetero) is 1. The number of carbonyl (C=O) groups excluding carboxylic acids is 1. The average Bonchev–Trinajstić information content (AvgIpc) is 2.96. The molecule has 1 aromatic rings. The van der Waals surface area contributed by atoms with Gasteiger partial charge in [-0.15, -0.1) is 0 Å². The van der Waals surface area contributed by atoms with Crippen LogP contribution >= 0.6 is 0 Å². The summed E-state index contributed by atoms with van der Waals surface area (Å²) in [7, 11) is 3.72. The predicted molar refractivity (Wildman–Crippen MR) is 90.4 cm³/mol. The Morgan fingerprint density at radius 3 is 2.87 bits per heavy atom. The van der Waals surface area contributed by atoms with E-state index in [-0.39, 0.29) is 11.2 Å². The maximum absolute atomic E-state index is 11.6. The van der Waals surface area contributed by atoms with E-state index in [1.165, 1.54) is 11.1 Å². The first-order chi connectivity index (χ1) is 11.1. The van der Waals surface area contributed by atoms with Gasteiger partial charge >= 0.3 is 0 Å². The van der Waals surface area contributed by atoms with Crippen molar-refractivity contribution < 1.29 is 14.3 Å². The molecule has 0 saturated heterocycles. The fourth-order valence-electron chi connectivity index (χ4n) is 4.63. The van der Waals surface area contributed by atoms with Crippen molar-refractivity contribution in [2.75, 3.05) is 20.8 Å². The molecule has 1 heterocycles. The molecule has 0 bridgehead atoms. The molecule has 1 aliphatic heterocycles. The molecule has 1 aromatic carbocycles. The van der Waals surface area contributed by atoms with E-state index in [9.17, 15) is 4.79 Å². The second-order valence-corrected chi connectivity index (χ2v) is 6.88. The molecule has 0 aromatic heterocycles. The van der Waals surface area contributed by atoms with Crippen LogP contribution in [0.1, 0.15) is 44.2 Å². The minimum Gasteiger partial charge on any atom is -0.493 e. The van der Waals surface area contributed by atoms with Gasteiger partial charge in [-0.25, -0.2) is 0 Å². The lowest BCUT2D eigenvalue weighted by Crippen LogP contribution is -2.52. The zero-order chi connectivity index (χ0) is 16.6. The Bertz CT molecular complexity index is 613. The second-order valence-electron chi connectivity index (χ2n) is 6.88. The molecule has 0 amide bonds. The zero-order valence-electron chi connectivity index (χ0n) is 14.6. The first-order valence-electron chi connectivity index (χ1n) is 8.57. The standard InChI is InChI=1S/C19H27NO3/c1-5-19-11-23-18-16(22-4)9-7-13(17(18)19)10-15(20-3)14(19)8-6-12(2)21/h7,9,14-15,20H,5-6,8,10-11H2,1-4H3/t14?,15?,19-/m1/s1. The summed E-state index contributed by atoms with van der Waals surface area (Å²) in [5.74, 6) is 2.42. The van der Waals surface area contributed by atoms with Gasteiger partial charge in [-0.1, -0.05) is 13.0 Å². The quantitative estimate of drug-likeness (QED) is 0.876. The van der Waals surface area contributed by atoms with Gasteiger partial charge in [0.05, 0.1) is 13.7 Å². The van der Waals surface area contributed by atoms with Crippen LogP contribution in [0.5, 0.6) is 11.5 Å². The van der Waals surface area contributed by atoms with Crippen molar-refractivity contribution in [3.05, 3.63) is 23.3 Å². The molecule has 1 aliphatic carbocycles. The Morgan fingerprint density at radius 1 is 1.48 bits per heavy atom. The maximum Gasteiger partial charge on any atom is 0.165 e. The third-order valence-corrected chi connectivity index (χ3v) is 5.84. The smallest absolute Gasteiger partial charge is 0.165 e. The van der Waals surface area contributed by atoms with Crippen LogP contribution in [0.2, 0.25) is 0 Å². The van der Waals surface area contributed by atoms with Crippen LogP contribution in [0, 0.1) is 5.92 Å². The summed E-state index contributed by atoms with van der Waals surface area (Å²) in [6.45, 7) is 4.61. The minimum atomic E-state index is -0.0133. The largest absolute Gasteiger partial charge is 0.493 e. The number of methoxy groups -OCH3 is 1. The lowest BCUT2D eigenvalue weighted by Gasteiger charge is -2.45. The maximum atomic E-state index is 11.6. The van der Waals surface area contributed by atoms with E-state index in [2.05, 4.69) is 18.3 Å². The van der Waals surface area contributed by atoms with Crippen LogP contribution < -0.4 is 14.8 Å². The Balaban J connectivity index is 2.10. The zero-order valence-corrected chi connectivity index (χ0v) is 14.6. The highest BCUT2D eigenvalue weighted by Crippen LogP contribution is 2.56. The summed E-state index contributed by atoms with van der Waals surface area (Å²) in [4.78, 5) is 11.6. The number of hydrogen-bond donors (Lipinski definition) is 1. The lowest BCUT2D eigenvalue weighted by atomic mass is 9.59. The molecule has 2 aliphatic rings. The number of likely N-dealkylation sites (N-methyl/N-ethyl adjacent to an activating group) is 1. The van der Waals surface area contributed by atoms with Crippen molar-refractivity contribution in [1.82, 2.24) is 5.32 Å². The van der Waals surface area contributed by atoms with Crippen molar-refractivity contribution in [3.63, 3.8) is 0 Å². The topological polar surface area (TPSA) is 47.6 Å². The molecule has 0 fully saturated rings. The molecule has 0 radical (unpaired) electrons. The first kappa shape index (κ1) is 16.3. The number of ketones is 1. The van der Waals surface area contributed by atoms with Crippen LogP contribution in [-0.2, 0) is 16.6 Å². The summed E-state index contributed by atoms with van der Waals surface area (Å²) in [5.41, 5.74) is 2.68. The third-order valence-electron chi connectivity index (χ3n) is 5.84. The van der Waals surface area contributed by atoms with Crippen molar-refractivity contribution in [2.24, 2.45) is 5.92 Å². The van der Waals surface area contributed by atoms with Crippen molar-refractivity contribution >= 4 is 5.78 Å². The number of hydrogen-bond acceptors (Lipinski definition) is 4. The first-order valence-corrected chi connectivity index (χ1v) is 8.57. The van der Waals surface area contributed by atoms with Gasteiger partial charge in [0.2, 0.25) is 0 Å². The van der Waals surface area contributed by atoms with Crippen molar-refractivity contribution in [1.29, 1.82) is 0 Å². The monoisotopic (exact) mass is 317 g/mol. The normalized spacial score (nSPS) is 28.2. The lowest BCUT2D eigenvalue weighted by molar-refractivity contribution is -0.117. The van der Waals surface area contributed by atoms with E-state index in [1.807, 2.05) is 13.1 Å². The Hall–Kier alpha value is -1.55. The van der Waals surface area contributed by atoms with Crippen LogP contribution in [0.3, 0.4) is 0 Å². The highest BCUT2D eigenvalue weighted by molar-refractivity contribution is 5.75. The molecule has 3 atom stereocenters. The van der Waals surface area contributed by atoms with Crippen LogP contribution in [0.25, 0.3) is 0 Å². The summed E-state index contributed by atoms with van der Waals surface area (Å²) < 4.78 is 11.6. The third kappa shape index (κ3) is 2.44. The van der Waals surface area contributed by atoms with Gasteiger partial charge in [-0.05, 0) is 50.8 Å². The summed E-state index contributed by atoms with van der Waals surface area (Å²) in [6, 6.07) is 4.58. The molecular formula is C19H27NO3. The molecule has 4 nitrogen and oxygen atoms in total. The Labute approximate surface area is 138 Å². The Morgan fingerprint density at radius 2 is 2.26 bits per heavy atom. The van der Waals surface area contributed by atoms with Gasteiger partial charge in [0.15, 0.2) is 11.5 Å². The van der Waals surface area contributed by atoms with Gasteiger partial charge < -0.3 is 19.6 Å². The molecule has 4 heteroatoms. The van der Waals surface area contributed by atoms with Gasteiger partial charge in [-0.2, -0.15) is 0 Å². The van der Waals surface area contributed by atoms with Crippen molar-refractivity contribution in [2.45, 2.75) is 51.0 Å². The molecular weight excluding hydrogens is 290 g/mol. The number of carbonyl (C=O) groups is 1. The van der Waals surface area contributed by atoms with Crippen molar-refractivity contribution in [3.8, 4) is 11.5 Å². The molecule has 126 valence electrons. The summed E-state index contributed by atoms with van der Waals surface area (Å²) in [5, 5.41) is 3.50. The molecule has 0 saturated carbocycles. The van der Waals surface area contributed by atoms with E-state index in [4.69, 9.17) is 9.47 Å². The summed E-state index contributed by atoms with van der Waals surface area (Å²) in [6.07, 6.45) is 3.55. The van der Waals surface area contributed by atoms with Gasteiger partial charge in [0.1, 0.15) is 5.78 Å². The molecule has 2 unspecified atom stereocenters. The highest BCUT2D eigenvalue weighted by Gasteiger charge is 2.53. The van der Waals surface area contributed by atoms with E-state index < -0.39 is 0 Å². The fourth-order valence-corrected chi connectivity index (χ4v) is 4.63. The van der Waals surface area contributed by atoms with E-state index in [1.54, 1.807) is 14.0 Å². The van der Waals surface area contributed by atoms with E-state index in [0.717, 1.165) is 30.8 Å². The SMILES string of the molecule is CC[C@]12COc3c(OC)ccc(c31)CC(NC)C2CCC(C)=O. The van der Waals surface area contributed by atoms with Crippen LogP contribution in [-0.4, -0.2) is 32.6 Å².